The van der Waals surface area contributed by atoms with Gasteiger partial charge < -0.3 is 0 Å². The van der Waals surface area contributed by atoms with Gasteiger partial charge in [0, 0.05) is 0 Å². The Morgan fingerprint density at radius 2 is 1.00 bits per heavy atom. The van der Waals surface area contributed by atoms with E-state index in [1.807, 2.05) is 0 Å². The molecule has 0 unspecified atom stereocenters. The predicted molar refractivity (Wildman–Crippen MR) is 2.06 cm³/mol. The first kappa shape index (κ1) is 22.4. The average Bonchev–Trinajstić information content (AvgIpc) is 0.650. The van der Waals surface area contributed by atoms with E-state index in [0.29, 0.717) is 0 Å². The molecule has 0 aliphatic carbocycles. The number of hydrogen-bond donors (Lipinski definition) is 0. The van der Waals surface area contributed by atoms with Crippen LogP contribution in [0.15, 0.2) is 0 Å². The van der Waals surface area contributed by atoms with E-state index in [9.17, 15) is 0 Å². The van der Waals surface area contributed by atoms with E-state index in [1.165, 1.54) is 0 Å². The first-order chi connectivity index (χ1) is 2.24. The Labute approximate surface area is 94.1 Å². The molecule has 0 aliphatic heterocycles. The molecule has 0 amide bonds. The summed E-state index contributed by atoms with van der Waals surface area (Å²) in [6.45, 7) is 0. The van der Waals surface area contributed by atoms with Crippen LogP contribution in [-0.2, 0) is 57.3 Å². The van der Waals surface area contributed by atoms with Gasteiger partial charge in [-0.15, -0.1) is 0 Å². The molecule has 9 heteroatoms. The summed E-state index contributed by atoms with van der Waals surface area (Å²) in [6, 6.07) is 0. The molecule has 0 rings (SSSR count). The fourth-order valence-electron chi connectivity index (χ4n) is 0. The van der Waals surface area contributed by atoms with E-state index in [0.717, 1.165) is 0 Å². The second-order valence-corrected chi connectivity index (χ2v) is 2.60. The molecule has 0 aliphatic rings. The van der Waals surface area contributed by atoms with Crippen molar-refractivity contribution in [1.29, 1.82) is 0 Å². The third-order valence-corrected chi connectivity index (χ3v) is 0. The topological polar surface area (TPSA) is 97.3 Å². The van der Waals surface area contributed by atoms with E-state index in [2.05, 4.69) is 0 Å². The zero-order valence-corrected chi connectivity index (χ0v) is 9.36. The summed E-state index contributed by atoms with van der Waals surface area (Å²) in [5, 5.41) is 0. The molecular weight excluding hydrogens is 272 g/mol. The van der Waals surface area contributed by atoms with E-state index < -0.39 is 12.2 Å². The van der Waals surface area contributed by atoms with Crippen LogP contribution in [0, 0.1) is 0 Å². The molecule has 0 heterocycles. The Kier molecular flexibility index (Phi) is 13.7. The molecule has 0 bridgehead atoms. The number of rotatable bonds is 0. The molecule has 0 aromatic heterocycles. The van der Waals surface area contributed by atoms with Crippen molar-refractivity contribution in [3.8, 4) is 0 Å². The minimum absolute atomic E-state index is 0. The van der Waals surface area contributed by atoms with Crippen LogP contribution in [0.5, 0.6) is 0 Å². The summed E-state index contributed by atoms with van der Waals surface area (Å²) in [7, 11) is 0. The summed E-state index contributed by atoms with van der Waals surface area (Å²) in [5.41, 5.74) is 0. The van der Waals surface area contributed by atoms with Gasteiger partial charge in [0.15, 0.2) is 0 Å². The monoisotopic (exact) mass is 272 g/mol. The Balaban J connectivity index is -0.0000000417. The molecule has 0 fully saturated rings. The molecule has 0 spiro atoms. The van der Waals surface area contributed by atoms with Crippen molar-refractivity contribution in [1.82, 2.24) is 0 Å². The van der Waals surface area contributed by atoms with Crippen LogP contribution in [0.4, 0.5) is 0 Å². The Morgan fingerprint density at radius 1 is 1.00 bits per heavy atom. The summed E-state index contributed by atoms with van der Waals surface area (Å²) in [6.07, 6.45) is 0. The van der Waals surface area contributed by atoms with Crippen molar-refractivity contribution in [2.24, 2.45) is 0 Å². The first-order valence-corrected chi connectivity index (χ1v) is 3.18. The van der Waals surface area contributed by atoms with Crippen LogP contribution >= 0.6 is 0 Å². The summed E-state index contributed by atoms with van der Waals surface area (Å²) >= 11 is -7.51. The van der Waals surface area contributed by atoms with Gasteiger partial charge in [0.05, 0.1) is 0 Å². The normalized spacial score (nSPS) is 12.4. The van der Waals surface area contributed by atoms with Crippen molar-refractivity contribution >= 4 is 0 Å². The number of hydrogen-bond acceptors (Lipinski definition) is 5. The van der Waals surface area contributed by atoms with Crippen molar-refractivity contribution in [3.05, 3.63) is 0 Å². The van der Waals surface area contributed by atoms with Gasteiger partial charge >= 0.3 is 95.2 Å². The van der Waals surface area contributed by atoms with Gasteiger partial charge in [0.1, 0.15) is 0 Å². The van der Waals surface area contributed by atoms with E-state index in [4.69, 9.17) is 19.9 Å². The molecule has 0 saturated carbocycles. The predicted octanol–water partition coefficient (Wildman–Crippen LogP) is -5.74. The Hall–Kier alpha value is 1.85. The Morgan fingerprint density at radius 3 is 1.00 bits per heavy atom. The third-order valence-electron chi connectivity index (χ3n) is 0. The summed E-state index contributed by atoms with van der Waals surface area (Å²) < 4.78 is 43.1. The zero-order chi connectivity index (χ0) is 5.45. The molecule has 9 heavy (non-hydrogen) atoms. The van der Waals surface area contributed by atoms with Crippen LogP contribution in [0.2, 0.25) is 0 Å². The maximum absolute atomic E-state index is 8.61. The fraction of sp³-hybridized carbons (Fsp3) is 0. The van der Waals surface area contributed by atoms with Gasteiger partial charge in [-0.05, 0) is 0 Å². The van der Waals surface area contributed by atoms with E-state index >= 15 is 0 Å². The van der Waals surface area contributed by atoms with Crippen molar-refractivity contribution in [3.63, 3.8) is 0 Å². The summed E-state index contributed by atoms with van der Waals surface area (Å²) in [5.74, 6) is 0. The van der Waals surface area contributed by atoms with Gasteiger partial charge in [-0.2, -0.15) is 0 Å². The molecule has 0 saturated heterocycles. The molecule has 0 aromatic rings. The molecule has 0 N–H and O–H groups in total. The second kappa shape index (κ2) is 5.50. The van der Waals surface area contributed by atoms with Crippen LogP contribution in [0.25, 0.3) is 0 Å². The summed E-state index contributed by atoms with van der Waals surface area (Å²) in [4.78, 5) is 0. The Bertz CT molecular complexity index is 195. The molecule has 0 aromatic carbocycles. The second-order valence-electron chi connectivity index (χ2n) is 0.630. The minimum atomic E-state index is -7.51. The quantitative estimate of drug-likeness (QED) is 0.409. The van der Waals surface area contributed by atoms with Crippen molar-refractivity contribution in [2.75, 3.05) is 0 Å². The van der Waals surface area contributed by atoms with E-state index in [1.54, 1.807) is 0 Å². The molecule has 5 nitrogen and oxygen atoms in total. The molecule has 53 valence electrons. The standard InChI is InChI=1S/Fe.Mn.Na.Ni.5O/q+2;;+1;+2;;;;2*-1. The first-order valence-electron chi connectivity index (χ1n) is 0.772. The fourth-order valence-corrected chi connectivity index (χ4v) is 0. The average molecular weight is 272 g/mol. The maximum atomic E-state index is 8.61. The van der Waals surface area contributed by atoms with Gasteiger partial charge in [-0.1, -0.05) is 0 Å². The van der Waals surface area contributed by atoms with Crippen LogP contribution in [0.3, 0.4) is 0 Å². The van der Waals surface area contributed by atoms with Crippen molar-refractivity contribution < 1.29 is 95.2 Å². The van der Waals surface area contributed by atoms with Crippen LogP contribution < -0.4 is 37.9 Å². The molecular formula is FeMnNaNiO5+3. The van der Waals surface area contributed by atoms with Gasteiger partial charge in [0.2, 0.25) is 0 Å². The van der Waals surface area contributed by atoms with E-state index in [-0.39, 0.29) is 63.1 Å². The van der Waals surface area contributed by atoms with Gasteiger partial charge in [0.25, 0.3) is 0 Å². The van der Waals surface area contributed by atoms with Gasteiger partial charge in [-0.3, -0.25) is 0 Å². The van der Waals surface area contributed by atoms with Crippen LogP contribution in [-0.4, -0.2) is 0 Å². The van der Waals surface area contributed by atoms with Gasteiger partial charge in [-0.25, -0.2) is 0 Å². The molecule has 0 radical (unpaired) electrons. The SMILES string of the molecule is [Fe+2].[Na+].[Ni+2].[O]=[Mn](=[O])(=[O])([O-])[O-]. The third kappa shape index (κ3) is 177. The van der Waals surface area contributed by atoms with Crippen molar-refractivity contribution in [2.45, 2.75) is 0 Å². The zero-order valence-electron chi connectivity index (χ0n) is 4.09. The van der Waals surface area contributed by atoms with Crippen LogP contribution in [0.1, 0.15) is 0 Å². The molecule has 0 atom stereocenters.